The molecule has 1 rings (SSSR count). The number of hydrogen-bond donors (Lipinski definition) is 1. The molecule has 0 atom stereocenters. The van der Waals surface area contributed by atoms with Crippen LogP contribution >= 0.6 is 12.6 Å². The van der Waals surface area contributed by atoms with Crippen LogP contribution in [0.1, 0.15) is 34.1 Å². The quantitative estimate of drug-likeness (QED) is 0.867. The van der Waals surface area contributed by atoms with Crippen molar-refractivity contribution in [1.82, 2.24) is 4.68 Å². The summed E-state index contributed by atoms with van der Waals surface area (Å²) in [5.41, 5.74) is -0.914. The maximum absolute atomic E-state index is 12.1. The van der Waals surface area contributed by atoms with Gasteiger partial charge in [-0.25, -0.2) is 14.5 Å². The lowest BCUT2D eigenvalue weighted by Crippen LogP contribution is -2.48. The standard InChI is InChI=1S/C13H20N2O3S/c1-5-7-15(12(17)18-13(2,3)4)14-8-6-10(19)9-11(14)16/h6,8-9,19H,5,7H2,1-4H3. The van der Waals surface area contributed by atoms with E-state index in [-0.39, 0.29) is 5.56 Å². The number of rotatable bonds is 3. The molecule has 19 heavy (non-hydrogen) atoms. The zero-order valence-electron chi connectivity index (χ0n) is 11.7. The molecule has 0 aliphatic carbocycles. The van der Waals surface area contributed by atoms with Crippen molar-refractivity contribution in [2.45, 2.75) is 44.6 Å². The van der Waals surface area contributed by atoms with Crippen LogP contribution in [-0.4, -0.2) is 22.9 Å². The molecule has 1 amide bonds. The minimum absolute atomic E-state index is 0.313. The fraction of sp³-hybridized carbons (Fsp3) is 0.538. The molecular formula is C13H20N2O3S. The number of thiol groups is 1. The Morgan fingerprint density at radius 2 is 2.11 bits per heavy atom. The summed E-state index contributed by atoms with van der Waals surface area (Å²) in [5, 5.41) is 1.29. The number of pyridine rings is 1. The molecule has 0 unspecified atom stereocenters. The zero-order valence-corrected chi connectivity index (χ0v) is 12.6. The SMILES string of the molecule is CCCN(C(=O)OC(C)(C)C)n1ccc(S)cc1=O. The van der Waals surface area contributed by atoms with Gasteiger partial charge in [-0.3, -0.25) is 4.79 Å². The van der Waals surface area contributed by atoms with E-state index < -0.39 is 11.7 Å². The molecular weight excluding hydrogens is 264 g/mol. The second kappa shape index (κ2) is 6.14. The summed E-state index contributed by atoms with van der Waals surface area (Å²) in [6, 6.07) is 3.01. The van der Waals surface area contributed by atoms with Gasteiger partial charge in [-0.2, -0.15) is 0 Å². The summed E-state index contributed by atoms with van der Waals surface area (Å²) in [6.07, 6.45) is 1.70. The van der Waals surface area contributed by atoms with E-state index in [1.165, 1.54) is 21.9 Å². The Hall–Kier alpha value is -1.43. The van der Waals surface area contributed by atoms with Crippen LogP contribution in [0.4, 0.5) is 4.79 Å². The highest BCUT2D eigenvalue weighted by Crippen LogP contribution is 2.10. The van der Waals surface area contributed by atoms with E-state index in [1.807, 2.05) is 6.92 Å². The molecule has 0 bridgehead atoms. The molecule has 6 heteroatoms. The highest BCUT2D eigenvalue weighted by atomic mass is 32.1. The Bertz CT molecular complexity index is 505. The first-order valence-corrected chi connectivity index (χ1v) is 6.62. The Balaban J connectivity index is 3.06. The van der Waals surface area contributed by atoms with E-state index >= 15 is 0 Å². The van der Waals surface area contributed by atoms with Crippen molar-refractivity contribution in [3.05, 3.63) is 28.7 Å². The molecule has 0 aliphatic rings. The highest BCUT2D eigenvalue weighted by molar-refractivity contribution is 7.80. The van der Waals surface area contributed by atoms with Gasteiger partial charge in [0.15, 0.2) is 0 Å². The predicted octanol–water partition coefficient (Wildman–Crippen LogP) is 2.42. The number of ether oxygens (including phenoxy) is 1. The molecule has 5 nitrogen and oxygen atoms in total. The first-order chi connectivity index (χ1) is 8.74. The van der Waals surface area contributed by atoms with Crippen LogP contribution in [0.5, 0.6) is 0 Å². The van der Waals surface area contributed by atoms with Crippen molar-refractivity contribution >= 4 is 18.7 Å². The van der Waals surface area contributed by atoms with Crippen LogP contribution in [0.15, 0.2) is 28.0 Å². The van der Waals surface area contributed by atoms with Gasteiger partial charge < -0.3 is 4.74 Å². The molecule has 0 N–H and O–H groups in total. The third kappa shape index (κ3) is 4.63. The van der Waals surface area contributed by atoms with Gasteiger partial charge in [0.1, 0.15) is 5.60 Å². The predicted molar refractivity (Wildman–Crippen MR) is 77.6 cm³/mol. The lowest BCUT2D eigenvalue weighted by molar-refractivity contribution is 0.0536. The summed E-state index contributed by atoms with van der Waals surface area (Å²) in [6.45, 7) is 7.69. The topological polar surface area (TPSA) is 51.5 Å². The van der Waals surface area contributed by atoms with E-state index in [0.717, 1.165) is 0 Å². The number of nitrogens with zero attached hydrogens (tertiary/aromatic N) is 2. The largest absolute Gasteiger partial charge is 0.442 e. The Morgan fingerprint density at radius 1 is 1.47 bits per heavy atom. The second-order valence-electron chi connectivity index (χ2n) is 5.17. The summed E-state index contributed by atoms with van der Waals surface area (Å²) in [7, 11) is 0. The average molecular weight is 284 g/mol. The minimum Gasteiger partial charge on any atom is -0.442 e. The van der Waals surface area contributed by atoms with E-state index in [2.05, 4.69) is 12.6 Å². The Labute approximate surface area is 118 Å². The summed E-state index contributed by atoms with van der Waals surface area (Å²) >= 11 is 4.09. The van der Waals surface area contributed by atoms with Gasteiger partial charge in [-0.05, 0) is 33.3 Å². The third-order valence-electron chi connectivity index (χ3n) is 2.18. The summed E-state index contributed by atoms with van der Waals surface area (Å²) in [4.78, 5) is 24.6. The van der Waals surface area contributed by atoms with Crippen molar-refractivity contribution < 1.29 is 9.53 Å². The van der Waals surface area contributed by atoms with Crippen molar-refractivity contribution in [2.75, 3.05) is 11.6 Å². The summed E-state index contributed by atoms with van der Waals surface area (Å²) in [5.74, 6) is 0. The van der Waals surface area contributed by atoms with Gasteiger partial charge in [-0.15, -0.1) is 12.6 Å². The monoisotopic (exact) mass is 284 g/mol. The summed E-state index contributed by atoms with van der Waals surface area (Å²) < 4.78 is 6.55. The van der Waals surface area contributed by atoms with Crippen molar-refractivity contribution in [3.63, 3.8) is 0 Å². The van der Waals surface area contributed by atoms with E-state index in [0.29, 0.717) is 17.9 Å². The third-order valence-corrected chi connectivity index (χ3v) is 2.46. The number of carbonyl (C=O) groups is 1. The Kier molecular flexibility index (Phi) is 5.05. The second-order valence-corrected chi connectivity index (χ2v) is 5.69. The van der Waals surface area contributed by atoms with Crippen LogP contribution in [0, 0.1) is 0 Å². The van der Waals surface area contributed by atoms with Crippen LogP contribution in [0.3, 0.4) is 0 Å². The average Bonchev–Trinajstić information content (AvgIpc) is 2.24. The molecule has 0 aliphatic heterocycles. The van der Waals surface area contributed by atoms with Gasteiger partial charge in [0, 0.05) is 23.7 Å². The van der Waals surface area contributed by atoms with Gasteiger partial charge in [0.05, 0.1) is 0 Å². The highest BCUT2D eigenvalue weighted by Gasteiger charge is 2.23. The molecule has 0 fully saturated rings. The number of hydrogen-bond acceptors (Lipinski definition) is 4. The molecule has 0 spiro atoms. The minimum atomic E-state index is -0.601. The molecule has 0 saturated carbocycles. The van der Waals surface area contributed by atoms with Gasteiger partial charge in [0.25, 0.3) is 5.56 Å². The van der Waals surface area contributed by atoms with Crippen LogP contribution in [0.25, 0.3) is 0 Å². The fourth-order valence-electron chi connectivity index (χ4n) is 1.47. The van der Waals surface area contributed by atoms with Crippen LogP contribution in [-0.2, 0) is 4.74 Å². The molecule has 1 aromatic heterocycles. The van der Waals surface area contributed by atoms with Gasteiger partial charge in [-0.1, -0.05) is 6.92 Å². The van der Waals surface area contributed by atoms with Gasteiger partial charge >= 0.3 is 6.09 Å². The lowest BCUT2D eigenvalue weighted by atomic mass is 10.2. The molecule has 1 aromatic rings. The molecule has 1 heterocycles. The Morgan fingerprint density at radius 3 is 2.58 bits per heavy atom. The lowest BCUT2D eigenvalue weighted by Gasteiger charge is -2.28. The van der Waals surface area contributed by atoms with Crippen molar-refractivity contribution in [3.8, 4) is 0 Å². The fourth-order valence-corrected chi connectivity index (χ4v) is 1.65. The normalized spacial score (nSPS) is 11.2. The zero-order chi connectivity index (χ0) is 14.6. The van der Waals surface area contributed by atoms with E-state index in [9.17, 15) is 9.59 Å². The first kappa shape index (κ1) is 15.6. The first-order valence-electron chi connectivity index (χ1n) is 6.17. The van der Waals surface area contributed by atoms with Gasteiger partial charge in [0.2, 0.25) is 0 Å². The molecule has 0 radical (unpaired) electrons. The smallest absolute Gasteiger partial charge is 0.429 e. The molecule has 0 saturated heterocycles. The number of amides is 1. The molecule has 0 aromatic carbocycles. The van der Waals surface area contributed by atoms with E-state index in [1.54, 1.807) is 26.8 Å². The number of carbonyl (C=O) groups excluding carboxylic acids is 1. The number of aromatic nitrogens is 1. The van der Waals surface area contributed by atoms with E-state index in [4.69, 9.17) is 4.74 Å². The maximum atomic E-state index is 12.1. The van der Waals surface area contributed by atoms with Crippen LogP contribution in [0.2, 0.25) is 0 Å². The maximum Gasteiger partial charge on any atom is 0.429 e. The van der Waals surface area contributed by atoms with Crippen molar-refractivity contribution in [2.24, 2.45) is 0 Å². The van der Waals surface area contributed by atoms with Crippen LogP contribution < -0.4 is 10.6 Å². The molecule has 106 valence electrons. The van der Waals surface area contributed by atoms with Crippen molar-refractivity contribution in [1.29, 1.82) is 0 Å².